The molecule has 27 heavy (non-hydrogen) atoms. The van der Waals surface area contributed by atoms with Crippen molar-refractivity contribution in [2.75, 3.05) is 13.2 Å². The Labute approximate surface area is 159 Å². The van der Waals surface area contributed by atoms with Crippen molar-refractivity contribution in [1.29, 1.82) is 0 Å². The van der Waals surface area contributed by atoms with Crippen LogP contribution < -0.4 is 0 Å². The summed E-state index contributed by atoms with van der Waals surface area (Å²) in [6.07, 6.45) is 5.20. The summed E-state index contributed by atoms with van der Waals surface area (Å²) in [4.78, 5) is 23.6. The summed E-state index contributed by atoms with van der Waals surface area (Å²) in [6, 6.07) is 0. The fourth-order valence-corrected chi connectivity index (χ4v) is 5.63. The van der Waals surface area contributed by atoms with Crippen LogP contribution >= 0.6 is 0 Å². The van der Waals surface area contributed by atoms with Gasteiger partial charge >= 0.3 is 17.9 Å². The van der Waals surface area contributed by atoms with Gasteiger partial charge in [0.05, 0.1) is 12.2 Å². The molecule has 4 aliphatic carbocycles. The first kappa shape index (κ1) is 20.5. The molecule has 0 radical (unpaired) electrons. The van der Waals surface area contributed by atoms with E-state index in [2.05, 4.69) is 0 Å². The van der Waals surface area contributed by atoms with Crippen LogP contribution in [0.4, 0.5) is 8.78 Å². The van der Waals surface area contributed by atoms with Gasteiger partial charge in [-0.15, -0.1) is 0 Å². The van der Waals surface area contributed by atoms with Crippen LogP contribution in [0, 0.1) is 17.3 Å². The van der Waals surface area contributed by atoms with Gasteiger partial charge in [-0.05, 0) is 71.1 Å². The molecule has 0 aromatic carbocycles. The second kappa shape index (κ2) is 6.68. The molecule has 2 atom stereocenters. The number of hydrogen-bond acceptors (Lipinski definition) is 5. The van der Waals surface area contributed by atoms with Gasteiger partial charge in [0.1, 0.15) is 12.2 Å². The Morgan fingerprint density at radius 3 is 2.15 bits per heavy atom. The highest BCUT2D eigenvalue weighted by Crippen LogP contribution is 2.62. The zero-order chi connectivity index (χ0) is 20.1. The molecule has 0 N–H and O–H groups in total. The van der Waals surface area contributed by atoms with Crippen molar-refractivity contribution in [1.82, 2.24) is 0 Å². The number of rotatable bonds is 6. The highest BCUT2D eigenvalue weighted by molar-refractivity contribution is 5.76. The Morgan fingerprint density at radius 1 is 1.04 bits per heavy atom. The molecule has 0 aliphatic heterocycles. The minimum Gasteiger partial charge on any atom is -0.461 e. The molecule has 0 saturated heterocycles. The van der Waals surface area contributed by atoms with Gasteiger partial charge in [0, 0.05) is 12.3 Å². The lowest BCUT2D eigenvalue weighted by Crippen LogP contribution is -2.58. The Kier molecular flexibility index (Phi) is 5.07. The fourth-order valence-electron chi connectivity index (χ4n) is 5.63. The van der Waals surface area contributed by atoms with E-state index in [0.717, 1.165) is 32.1 Å². The summed E-state index contributed by atoms with van der Waals surface area (Å²) in [5, 5.41) is 0. The smallest absolute Gasteiger partial charge is 0.376 e. The van der Waals surface area contributed by atoms with Crippen molar-refractivity contribution in [3.63, 3.8) is 0 Å². The van der Waals surface area contributed by atoms with Gasteiger partial charge in [0.25, 0.3) is 0 Å². The average molecular weight is 388 g/mol. The van der Waals surface area contributed by atoms with E-state index in [1.807, 2.05) is 20.8 Å². The molecule has 0 heterocycles. The predicted molar refractivity (Wildman–Crippen MR) is 93.2 cm³/mol. The van der Waals surface area contributed by atoms with Crippen LogP contribution in [0.1, 0.15) is 66.2 Å². The topological polar surface area (TPSA) is 61.8 Å². The second-order valence-corrected chi connectivity index (χ2v) is 9.98. The molecule has 7 heteroatoms. The predicted octanol–water partition coefficient (Wildman–Crippen LogP) is 3.88. The number of carbonyl (C=O) groups is 2. The van der Waals surface area contributed by atoms with Crippen molar-refractivity contribution in [2.45, 2.75) is 83.3 Å². The monoisotopic (exact) mass is 388 g/mol. The molecular weight excluding hydrogens is 358 g/mol. The van der Waals surface area contributed by atoms with E-state index in [9.17, 15) is 18.4 Å². The summed E-state index contributed by atoms with van der Waals surface area (Å²) in [7, 11) is 0. The van der Waals surface area contributed by atoms with Crippen LogP contribution in [0.15, 0.2) is 0 Å². The summed E-state index contributed by atoms with van der Waals surface area (Å²) in [5.41, 5.74) is -1.33. The Morgan fingerprint density at radius 2 is 1.63 bits per heavy atom. The lowest BCUT2D eigenvalue weighted by molar-refractivity contribution is -0.217. The number of esters is 2. The molecule has 154 valence electrons. The van der Waals surface area contributed by atoms with Crippen LogP contribution in [-0.2, 0) is 23.8 Å². The van der Waals surface area contributed by atoms with Crippen LogP contribution in [0.5, 0.6) is 0 Å². The third-order valence-electron chi connectivity index (χ3n) is 5.91. The first-order valence-electron chi connectivity index (χ1n) is 9.71. The third kappa shape index (κ3) is 4.79. The van der Waals surface area contributed by atoms with Crippen molar-refractivity contribution >= 4 is 11.9 Å². The number of hydrogen-bond donors (Lipinski definition) is 0. The maximum atomic E-state index is 13.1. The molecule has 4 fully saturated rings. The summed E-state index contributed by atoms with van der Waals surface area (Å²) in [6.45, 7) is 5.87. The van der Waals surface area contributed by atoms with Crippen LogP contribution in [0.25, 0.3) is 0 Å². The molecule has 0 aromatic rings. The highest BCUT2D eigenvalue weighted by atomic mass is 19.3. The normalized spacial score (nSPS) is 35.2. The van der Waals surface area contributed by atoms with Gasteiger partial charge in [0.2, 0.25) is 0 Å². The standard InChI is InChI=1S/C20H30F2O5/c1-17(2,3)27-15(23)10-26-20-8-13-5-14(9-20)7-19(6-13,11-20)12-25-16(24)18(4,21)22/h13-14H,5-12H2,1-4H3. The molecule has 0 spiro atoms. The maximum absolute atomic E-state index is 13.1. The average Bonchev–Trinajstić information content (AvgIpc) is 2.47. The first-order valence-corrected chi connectivity index (χ1v) is 9.71. The zero-order valence-corrected chi connectivity index (χ0v) is 16.6. The van der Waals surface area contributed by atoms with Gasteiger partial charge < -0.3 is 14.2 Å². The lowest BCUT2D eigenvalue weighted by Gasteiger charge is -2.61. The molecule has 4 bridgehead atoms. The van der Waals surface area contributed by atoms with Gasteiger partial charge in [-0.3, -0.25) is 0 Å². The molecular formula is C20H30F2O5. The first-order chi connectivity index (χ1) is 12.3. The van der Waals surface area contributed by atoms with Gasteiger partial charge in [0.15, 0.2) is 0 Å². The summed E-state index contributed by atoms with van der Waals surface area (Å²) >= 11 is 0. The van der Waals surface area contributed by atoms with Crippen molar-refractivity contribution in [2.24, 2.45) is 17.3 Å². The molecule has 4 rings (SSSR count). The summed E-state index contributed by atoms with van der Waals surface area (Å²) in [5.74, 6) is -4.50. The molecule has 4 aliphatic rings. The SMILES string of the molecule is CC(C)(C)OC(=O)COC12CC3CC(CC(COC(=O)C(C)(F)F)(C3)C1)C2. The van der Waals surface area contributed by atoms with Crippen LogP contribution in [0.3, 0.4) is 0 Å². The minimum absolute atomic E-state index is 0.000188. The molecule has 0 amide bonds. The van der Waals surface area contributed by atoms with E-state index >= 15 is 0 Å². The van der Waals surface area contributed by atoms with Crippen LogP contribution in [0.2, 0.25) is 0 Å². The quantitative estimate of drug-likeness (QED) is 0.646. The number of alkyl halides is 2. The van der Waals surface area contributed by atoms with Gasteiger partial charge in [-0.2, -0.15) is 8.78 Å². The number of carbonyl (C=O) groups excluding carboxylic acids is 2. The largest absolute Gasteiger partial charge is 0.461 e. The Hall–Kier alpha value is -1.24. The van der Waals surface area contributed by atoms with E-state index in [0.29, 0.717) is 25.2 Å². The maximum Gasteiger partial charge on any atom is 0.376 e. The minimum atomic E-state index is -3.48. The molecule has 2 unspecified atom stereocenters. The van der Waals surface area contributed by atoms with E-state index in [-0.39, 0.29) is 18.6 Å². The van der Waals surface area contributed by atoms with Crippen LogP contribution in [-0.4, -0.2) is 42.3 Å². The van der Waals surface area contributed by atoms with Crippen molar-refractivity contribution in [3.05, 3.63) is 0 Å². The molecule has 5 nitrogen and oxygen atoms in total. The molecule has 4 saturated carbocycles. The summed E-state index contributed by atoms with van der Waals surface area (Å²) < 4.78 is 42.7. The fraction of sp³-hybridized carbons (Fsp3) is 0.900. The lowest BCUT2D eigenvalue weighted by atomic mass is 9.48. The zero-order valence-electron chi connectivity index (χ0n) is 16.6. The van der Waals surface area contributed by atoms with E-state index < -0.39 is 29.1 Å². The number of halogens is 2. The van der Waals surface area contributed by atoms with E-state index in [4.69, 9.17) is 14.2 Å². The Balaban J connectivity index is 1.64. The van der Waals surface area contributed by atoms with Crippen molar-refractivity contribution < 1.29 is 32.6 Å². The highest BCUT2D eigenvalue weighted by Gasteiger charge is 2.59. The number of ether oxygens (including phenoxy) is 3. The van der Waals surface area contributed by atoms with Crippen molar-refractivity contribution in [3.8, 4) is 0 Å². The van der Waals surface area contributed by atoms with Gasteiger partial charge in [-0.1, -0.05) is 0 Å². The molecule has 0 aromatic heterocycles. The second-order valence-electron chi connectivity index (χ2n) is 9.98. The third-order valence-corrected chi connectivity index (χ3v) is 5.91. The Bertz CT molecular complexity index is 590. The van der Waals surface area contributed by atoms with E-state index in [1.54, 1.807) is 0 Å². The van der Waals surface area contributed by atoms with Gasteiger partial charge in [-0.25, -0.2) is 9.59 Å². The van der Waals surface area contributed by atoms with E-state index in [1.165, 1.54) is 0 Å².